The standard InChI is InChI=1S/C24H15FN2O2S/c1-14-10-12-15(13-11-14)27-22(16-6-2-4-8-18(16)25)26-23-20(24(27)29)21(28)17-7-3-5-9-19(17)30-23/h2-13H,1H3. The molecule has 0 atom stereocenters. The number of benzene rings is 3. The number of hydrogen-bond donors (Lipinski definition) is 0. The van der Waals surface area contributed by atoms with Crippen LogP contribution in [0, 0.1) is 12.7 Å². The number of aromatic nitrogens is 2. The smallest absolute Gasteiger partial charge is 0.271 e. The molecule has 0 radical (unpaired) electrons. The van der Waals surface area contributed by atoms with E-state index in [9.17, 15) is 14.0 Å². The van der Waals surface area contributed by atoms with Crippen molar-refractivity contribution in [3.8, 4) is 17.1 Å². The zero-order chi connectivity index (χ0) is 20.8. The second kappa shape index (κ2) is 7.00. The SMILES string of the molecule is Cc1ccc(-n2c(-c3ccccc3F)nc3sc4ccccc4c(=O)c3c2=O)cc1. The Balaban J connectivity index is 1.99. The van der Waals surface area contributed by atoms with Gasteiger partial charge in [-0.15, -0.1) is 11.3 Å². The summed E-state index contributed by atoms with van der Waals surface area (Å²) in [6.45, 7) is 1.94. The molecular formula is C24H15FN2O2S. The van der Waals surface area contributed by atoms with Gasteiger partial charge in [0.2, 0.25) is 5.43 Å². The van der Waals surface area contributed by atoms with Crippen LogP contribution in [-0.4, -0.2) is 9.55 Å². The summed E-state index contributed by atoms with van der Waals surface area (Å²) in [6, 6.07) is 20.5. The molecule has 4 nitrogen and oxygen atoms in total. The predicted molar refractivity (Wildman–Crippen MR) is 119 cm³/mol. The Bertz CT molecular complexity index is 1550. The fourth-order valence-corrected chi connectivity index (χ4v) is 4.55. The van der Waals surface area contributed by atoms with Gasteiger partial charge >= 0.3 is 0 Å². The Morgan fingerprint density at radius 3 is 2.37 bits per heavy atom. The highest BCUT2D eigenvalue weighted by Crippen LogP contribution is 2.27. The molecule has 0 aliphatic rings. The lowest BCUT2D eigenvalue weighted by Gasteiger charge is -2.14. The molecule has 0 saturated heterocycles. The molecule has 6 heteroatoms. The molecule has 5 rings (SSSR count). The number of nitrogens with zero attached hydrogens (tertiary/aromatic N) is 2. The fraction of sp³-hybridized carbons (Fsp3) is 0.0417. The maximum absolute atomic E-state index is 14.7. The van der Waals surface area contributed by atoms with Crippen LogP contribution in [0.2, 0.25) is 0 Å². The molecule has 0 aliphatic heterocycles. The molecule has 0 unspecified atom stereocenters. The topological polar surface area (TPSA) is 52.0 Å². The van der Waals surface area contributed by atoms with Crippen molar-refractivity contribution < 1.29 is 4.39 Å². The van der Waals surface area contributed by atoms with Crippen molar-refractivity contribution in [3.05, 3.63) is 105 Å². The first kappa shape index (κ1) is 18.4. The third-order valence-electron chi connectivity index (χ3n) is 5.02. The first-order valence-corrected chi connectivity index (χ1v) is 10.2. The summed E-state index contributed by atoms with van der Waals surface area (Å²) >= 11 is 1.25. The van der Waals surface area contributed by atoms with Crippen molar-refractivity contribution in [2.24, 2.45) is 0 Å². The van der Waals surface area contributed by atoms with Crippen LogP contribution in [0.4, 0.5) is 4.39 Å². The van der Waals surface area contributed by atoms with Crippen LogP contribution < -0.4 is 11.0 Å². The Morgan fingerprint density at radius 1 is 0.900 bits per heavy atom. The predicted octanol–water partition coefficient (Wildman–Crippen LogP) is 5.08. The van der Waals surface area contributed by atoms with Gasteiger partial charge in [-0.25, -0.2) is 9.37 Å². The average molecular weight is 414 g/mol. The molecule has 2 heterocycles. The molecule has 0 N–H and O–H groups in total. The van der Waals surface area contributed by atoms with E-state index in [1.54, 1.807) is 42.5 Å². The van der Waals surface area contributed by atoms with E-state index in [0.717, 1.165) is 10.3 Å². The molecule has 0 fully saturated rings. The highest BCUT2D eigenvalue weighted by molar-refractivity contribution is 7.24. The molecule has 0 amide bonds. The molecular weight excluding hydrogens is 399 g/mol. The summed E-state index contributed by atoms with van der Waals surface area (Å²) in [6.07, 6.45) is 0. The van der Waals surface area contributed by atoms with Crippen molar-refractivity contribution in [1.29, 1.82) is 0 Å². The van der Waals surface area contributed by atoms with E-state index in [2.05, 4.69) is 4.98 Å². The van der Waals surface area contributed by atoms with Crippen LogP contribution in [-0.2, 0) is 0 Å². The van der Waals surface area contributed by atoms with Gasteiger partial charge in [-0.05, 0) is 43.3 Å². The molecule has 0 bridgehead atoms. The minimum Gasteiger partial charge on any atom is -0.288 e. The van der Waals surface area contributed by atoms with E-state index in [-0.39, 0.29) is 22.2 Å². The van der Waals surface area contributed by atoms with E-state index < -0.39 is 11.4 Å². The van der Waals surface area contributed by atoms with Gasteiger partial charge in [-0.1, -0.05) is 42.0 Å². The summed E-state index contributed by atoms with van der Waals surface area (Å²) in [4.78, 5) is 31.6. The van der Waals surface area contributed by atoms with Gasteiger partial charge in [0, 0.05) is 10.1 Å². The Labute approximate surface area is 174 Å². The van der Waals surface area contributed by atoms with Crippen molar-refractivity contribution >= 4 is 31.6 Å². The van der Waals surface area contributed by atoms with E-state index in [1.165, 1.54) is 22.0 Å². The molecule has 3 aromatic carbocycles. The highest BCUT2D eigenvalue weighted by atomic mass is 32.1. The first-order valence-electron chi connectivity index (χ1n) is 9.35. The number of hydrogen-bond acceptors (Lipinski definition) is 4. The second-order valence-electron chi connectivity index (χ2n) is 7.00. The maximum Gasteiger partial charge on any atom is 0.271 e. The van der Waals surface area contributed by atoms with E-state index in [4.69, 9.17) is 0 Å². The first-order chi connectivity index (χ1) is 14.5. The lowest BCUT2D eigenvalue weighted by atomic mass is 10.1. The number of fused-ring (bicyclic) bond motifs is 2. The van der Waals surface area contributed by atoms with Crippen molar-refractivity contribution in [2.75, 3.05) is 0 Å². The van der Waals surface area contributed by atoms with E-state index in [1.807, 2.05) is 31.2 Å². The van der Waals surface area contributed by atoms with Gasteiger partial charge in [0.1, 0.15) is 16.0 Å². The third kappa shape index (κ3) is 2.84. The monoisotopic (exact) mass is 414 g/mol. The Morgan fingerprint density at radius 2 is 1.60 bits per heavy atom. The quantitative estimate of drug-likeness (QED) is 0.379. The molecule has 30 heavy (non-hydrogen) atoms. The zero-order valence-corrected chi connectivity index (χ0v) is 16.7. The summed E-state index contributed by atoms with van der Waals surface area (Å²) in [7, 11) is 0. The summed E-state index contributed by atoms with van der Waals surface area (Å²) < 4.78 is 16.7. The van der Waals surface area contributed by atoms with Gasteiger partial charge in [0.05, 0.1) is 11.3 Å². The van der Waals surface area contributed by atoms with Crippen LogP contribution in [0.15, 0.2) is 82.4 Å². The lowest BCUT2D eigenvalue weighted by Crippen LogP contribution is -2.26. The van der Waals surface area contributed by atoms with Crippen LogP contribution in [0.25, 0.3) is 37.4 Å². The van der Waals surface area contributed by atoms with Gasteiger partial charge in [-0.2, -0.15) is 0 Å². The Hall–Kier alpha value is -3.64. The molecule has 0 saturated carbocycles. The minimum atomic E-state index is -0.505. The molecule has 5 aromatic rings. The van der Waals surface area contributed by atoms with Crippen LogP contribution in [0.5, 0.6) is 0 Å². The fourth-order valence-electron chi connectivity index (χ4n) is 3.51. The second-order valence-corrected chi connectivity index (χ2v) is 8.03. The average Bonchev–Trinajstić information content (AvgIpc) is 2.75. The number of aryl methyl sites for hydroxylation is 1. The summed E-state index contributed by atoms with van der Waals surface area (Å²) in [5, 5.41) is 0.488. The van der Waals surface area contributed by atoms with Crippen molar-refractivity contribution in [3.63, 3.8) is 0 Å². The van der Waals surface area contributed by atoms with Gasteiger partial charge < -0.3 is 0 Å². The normalized spacial score (nSPS) is 11.3. The summed E-state index contributed by atoms with van der Waals surface area (Å²) in [5.74, 6) is -0.321. The zero-order valence-electron chi connectivity index (χ0n) is 15.9. The number of rotatable bonds is 2. The van der Waals surface area contributed by atoms with Gasteiger partial charge in [0.15, 0.2) is 5.82 Å². The van der Waals surface area contributed by atoms with E-state index in [0.29, 0.717) is 15.9 Å². The van der Waals surface area contributed by atoms with Crippen LogP contribution in [0.3, 0.4) is 0 Å². The minimum absolute atomic E-state index is 0.0133. The number of halogens is 1. The molecule has 2 aromatic heterocycles. The largest absolute Gasteiger partial charge is 0.288 e. The third-order valence-corrected chi connectivity index (χ3v) is 6.09. The van der Waals surface area contributed by atoms with Crippen LogP contribution in [0.1, 0.15) is 5.56 Å². The lowest BCUT2D eigenvalue weighted by molar-refractivity contribution is 0.629. The molecule has 146 valence electrons. The van der Waals surface area contributed by atoms with Gasteiger partial charge in [0.25, 0.3) is 5.56 Å². The maximum atomic E-state index is 14.7. The summed E-state index contributed by atoms with van der Waals surface area (Å²) in [5.41, 5.74) is 0.873. The Kier molecular flexibility index (Phi) is 4.29. The van der Waals surface area contributed by atoms with Gasteiger partial charge in [-0.3, -0.25) is 14.2 Å². The van der Waals surface area contributed by atoms with E-state index >= 15 is 0 Å². The molecule has 0 spiro atoms. The van der Waals surface area contributed by atoms with Crippen molar-refractivity contribution in [2.45, 2.75) is 6.92 Å². The van der Waals surface area contributed by atoms with Crippen molar-refractivity contribution in [1.82, 2.24) is 9.55 Å². The van der Waals surface area contributed by atoms with Crippen LogP contribution >= 0.6 is 11.3 Å². The molecule has 0 aliphatic carbocycles. The highest BCUT2D eigenvalue weighted by Gasteiger charge is 2.20.